The molecule has 2 aliphatic rings. The molecule has 0 unspecified atom stereocenters. The number of hydrogen-bond acceptors (Lipinski definition) is 4. The summed E-state index contributed by atoms with van der Waals surface area (Å²) < 4.78 is 26.2. The summed E-state index contributed by atoms with van der Waals surface area (Å²) in [6, 6.07) is 5.54. The maximum absolute atomic E-state index is 13.8. The van der Waals surface area contributed by atoms with Crippen molar-refractivity contribution in [1.29, 1.82) is 0 Å². The van der Waals surface area contributed by atoms with Gasteiger partial charge in [0.05, 0.1) is 17.5 Å². The molecule has 24 heavy (non-hydrogen) atoms. The fourth-order valence-corrected chi connectivity index (χ4v) is 6.10. The van der Waals surface area contributed by atoms with Crippen molar-refractivity contribution in [3.63, 3.8) is 0 Å². The first kappa shape index (κ1) is 18.0. The Hall–Kier alpha value is -0.830. The Morgan fingerprint density at radius 2 is 1.42 bits per heavy atom. The molecule has 0 spiro atoms. The van der Waals surface area contributed by atoms with Crippen LogP contribution < -0.4 is 11.0 Å². The monoisotopic (exact) mass is 351 g/mol. The maximum Gasteiger partial charge on any atom is 0.362 e. The largest absolute Gasteiger partial charge is 0.398 e. The minimum Gasteiger partial charge on any atom is -0.398 e. The van der Waals surface area contributed by atoms with Crippen LogP contribution in [0, 0.1) is 6.92 Å². The van der Waals surface area contributed by atoms with Gasteiger partial charge in [0.2, 0.25) is 0 Å². The van der Waals surface area contributed by atoms with Crippen molar-refractivity contribution in [2.24, 2.45) is 0 Å². The SMILES string of the molecule is Cc1c(N)cccc1P(=O)(OC1CCCCC1)OC1CCCCC1. The maximum atomic E-state index is 13.8. The summed E-state index contributed by atoms with van der Waals surface area (Å²) in [6.45, 7) is 1.91. The highest BCUT2D eigenvalue weighted by Gasteiger charge is 2.36. The van der Waals surface area contributed by atoms with Crippen LogP contribution in [0.5, 0.6) is 0 Å². The second-order valence-corrected chi connectivity index (χ2v) is 9.12. The lowest BCUT2D eigenvalue weighted by Gasteiger charge is -2.32. The molecule has 2 N–H and O–H groups in total. The number of nitrogens with two attached hydrogens (primary N) is 1. The van der Waals surface area contributed by atoms with E-state index in [1.807, 2.05) is 25.1 Å². The molecule has 0 aromatic heterocycles. The van der Waals surface area contributed by atoms with E-state index in [2.05, 4.69) is 0 Å². The van der Waals surface area contributed by atoms with E-state index in [9.17, 15) is 4.57 Å². The minimum atomic E-state index is -3.35. The van der Waals surface area contributed by atoms with Crippen LogP contribution in [0.1, 0.15) is 69.8 Å². The Balaban J connectivity index is 1.86. The van der Waals surface area contributed by atoms with Gasteiger partial charge < -0.3 is 14.8 Å². The lowest BCUT2D eigenvalue weighted by atomic mass is 9.98. The van der Waals surface area contributed by atoms with E-state index in [-0.39, 0.29) is 12.2 Å². The molecule has 1 aromatic rings. The second-order valence-electron chi connectivity index (χ2n) is 7.22. The van der Waals surface area contributed by atoms with Gasteiger partial charge in [-0.3, -0.25) is 4.57 Å². The van der Waals surface area contributed by atoms with Gasteiger partial charge in [-0.1, -0.05) is 44.6 Å². The van der Waals surface area contributed by atoms with Gasteiger partial charge in [0.25, 0.3) is 0 Å². The van der Waals surface area contributed by atoms with Gasteiger partial charge in [-0.15, -0.1) is 0 Å². The van der Waals surface area contributed by atoms with Gasteiger partial charge in [0.1, 0.15) is 0 Å². The molecule has 2 saturated carbocycles. The average molecular weight is 351 g/mol. The van der Waals surface area contributed by atoms with Gasteiger partial charge in [0, 0.05) is 5.69 Å². The summed E-state index contributed by atoms with van der Waals surface area (Å²) in [5, 5.41) is 0.652. The third-order valence-electron chi connectivity index (χ3n) is 5.32. The van der Waals surface area contributed by atoms with E-state index in [0.717, 1.165) is 56.9 Å². The average Bonchev–Trinajstić information content (AvgIpc) is 2.59. The summed E-state index contributed by atoms with van der Waals surface area (Å²) >= 11 is 0. The molecule has 2 aliphatic carbocycles. The van der Waals surface area contributed by atoms with Crippen LogP contribution in [-0.4, -0.2) is 12.2 Å². The van der Waals surface area contributed by atoms with Crippen LogP contribution >= 0.6 is 7.60 Å². The normalized spacial score (nSPS) is 21.0. The van der Waals surface area contributed by atoms with Crippen LogP contribution in [0.15, 0.2) is 18.2 Å². The molecule has 0 heterocycles. The van der Waals surface area contributed by atoms with E-state index < -0.39 is 7.60 Å². The molecular weight excluding hydrogens is 321 g/mol. The van der Waals surface area contributed by atoms with Gasteiger partial charge in [-0.2, -0.15) is 0 Å². The van der Waals surface area contributed by atoms with Gasteiger partial charge >= 0.3 is 7.60 Å². The summed E-state index contributed by atoms with van der Waals surface area (Å²) in [4.78, 5) is 0. The number of rotatable bonds is 5. The second kappa shape index (κ2) is 8.03. The summed E-state index contributed by atoms with van der Waals surface area (Å²) in [5.41, 5.74) is 7.52. The van der Waals surface area contributed by atoms with Crippen LogP contribution in [0.4, 0.5) is 5.69 Å². The third-order valence-corrected chi connectivity index (χ3v) is 7.55. The zero-order chi connectivity index (χ0) is 17.0. The molecule has 0 amide bonds. The summed E-state index contributed by atoms with van der Waals surface area (Å²) in [7, 11) is -3.35. The van der Waals surface area contributed by atoms with Crippen molar-refractivity contribution in [2.75, 3.05) is 5.73 Å². The topological polar surface area (TPSA) is 61.6 Å². The zero-order valence-electron chi connectivity index (χ0n) is 14.7. The highest BCUT2D eigenvalue weighted by Crippen LogP contribution is 2.53. The first-order valence-corrected chi connectivity index (χ1v) is 11.0. The van der Waals surface area contributed by atoms with E-state index >= 15 is 0 Å². The smallest absolute Gasteiger partial charge is 0.362 e. The van der Waals surface area contributed by atoms with Crippen molar-refractivity contribution < 1.29 is 13.6 Å². The van der Waals surface area contributed by atoms with E-state index in [4.69, 9.17) is 14.8 Å². The van der Waals surface area contributed by atoms with E-state index in [1.165, 1.54) is 12.8 Å². The molecule has 5 heteroatoms. The van der Waals surface area contributed by atoms with Crippen molar-refractivity contribution in [2.45, 2.75) is 83.3 Å². The molecule has 0 saturated heterocycles. The third kappa shape index (κ3) is 4.22. The molecular formula is C19H30NO3P. The molecule has 1 aromatic carbocycles. The quantitative estimate of drug-likeness (QED) is 0.592. The fraction of sp³-hybridized carbons (Fsp3) is 0.684. The summed E-state index contributed by atoms with van der Waals surface area (Å²) in [6.07, 6.45) is 11.0. The lowest BCUT2D eigenvalue weighted by Crippen LogP contribution is -2.26. The minimum absolute atomic E-state index is 0.0361. The number of benzene rings is 1. The number of hydrogen-bond donors (Lipinski definition) is 1. The molecule has 0 radical (unpaired) electrons. The first-order chi connectivity index (χ1) is 11.6. The Kier molecular flexibility index (Phi) is 6.02. The van der Waals surface area contributed by atoms with Crippen LogP contribution in [0.2, 0.25) is 0 Å². The predicted octanol–water partition coefficient (Wildman–Crippen LogP) is 5.09. The molecule has 0 aliphatic heterocycles. The molecule has 0 bridgehead atoms. The van der Waals surface area contributed by atoms with E-state index in [1.54, 1.807) is 0 Å². The van der Waals surface area contributed by atoms with Crippen molar-refractivity contribution in [3.8, 4) is 0 Å². The van der Waals surface area contributed by atoms with Gasteiger partial charge in [-0.25, -0.2) is 0 Å². The van der Waals surface area contributed by atoms with Crippen LogP contribution in [-0.2, 0) is 13.6 Å². The molecule has 0 atom stereocenters. The zero-order valence-corrected chi connectivity index (χ0v) is 15.6. The Morgan fingerprint density at radius 1 is 0.917 bits per heavy atom. The van der Waals surface area contributed by atoms with Crippen molar-refractivity contribution >= 4 is 18.6 Å². The molecule has 2 fully saturated rings. The molecule has 4 nitrogen and oxygen atoms in total. The van der Waals surface area contributed by atoms with E-state index in [0.29, 0.717) is 11.0 Å². The number of anilines is 1. The van der Waals surface area contributed by atoms with Crippen molar-refractivity contribution in [1.82, 2.24) is 0 Å². The van der Waals surface area contributed by atoms with Gasteiger partial charge in [-0.05, 0) is 50.3 Å². The predicted molar refractivity (Wildman–Crippen MR) is 98.7 cm³/mol. The van der Waals surface area contributed by atoms with Crippen LogP contribution in [0.3, 0.4) is 0 Å². The molecule has 134 valence electrons. The Bertz CT molecular complexity index is 568. The highest BCUT2D eigenvalue weighted by molar-refractivity contribution is 7.62. The summed E-state index contributed by atoms with van der Waals surface area (Å²) in [5.74, 6) is 0. The van der Waals surface area contributed by atoms with Crippen LogP contribution in [0.25, 0.3) is 0 Å². The Morgan fingerprint density at radius 3 is 1.92 bits per heavy atom. The lowest BCUT2D eigenvalue weighted by molar-refractivity contribution is 0.0845. The first-order valence-electron chi connectivity index (χ1n) is 9.41. The van der Waals surface area contributed by atoms with Crippen molar-refractivity contribution in [3.05, 3.63) is 23.8 Å². The highest BCUT2D eigenvalue weighted by atomic mass is 31.2. The fourth-order valence-electron chi connectivity index (χ4n) is 3.81. The van der Waals surface area contributed by atoms with Gasteiger partial charge in [0.15, 0.2) is 0 Å². The molecule has 3 rings (SSSR count). The standard InChI is InChI=1S/C19H30NO3P/c1-15-18(20)13-8-14-19(15)24(21,22-16-9-4-2-5-10-16)23-17-11-6-3-7-12-17/h8,13-14,16-17H,2-7,9-12,20H2,1H3. The number of nitrogen functional groups attached to an aromatic ring is 1. The Labute approximate surface area is 145 Å².